The molecule has 0 atom stereocenters. The van der Waals surface area contributed by atoms with E-state index < -0.39 is 11.8 Å². The largest absolute Gasteiger partial charge is 0.476 e. The minimum atomic E-state index is -1.11. The lowest BCUT2D eigenvalue weighted by Gasteiger charge is -2.10. The first kappa shape index (κ1) is 15.4. The smallest absolute Gasteiger partial charge is 0.358 e. The molecule has 0 bridgehead atoms. The molecule has 0 aliphatic heterocycles. The fourth-order valence-corrected chi connectivity index (χ4v) is 2.25. The van der Waals surface area contributed by atoms with Crippen LogP contribution in [0.4, 0.5) is 4.39 Å². The van der Waals surface area contributed by atoms with E-state index in [0.717, 1.165) is 0 Å². The lowest BCUT2D eigenvalue weighted by molar-refractivity contribution is 0.0689. The standard InChI is InChI=1S/C14H15ClFN3O2/c1-8(2)5-12-13(14(20)21)17-18-19(12)7-9-3-4-10(16)6-11(9)15/h3-4,6,8H,5,7H2,1-2H3,(H,20,21). The van der Waals surface area contributed by atoms with Gasteiger partial charge in [-0.05, 0) is 30.0 Å². The number of hydrogen-bond donors (Lipinski definition) is 1. The molecular weight excluding hydrogens is 297 g/mol. The maximum absolute atomic E-state index is 13.1. The molecule has 7 heteroatoms. The van der Waals surface area contributed by atoms with Crippen molar-refractivity contribution in [1.82, 2.24) is 15.0 Å². The second kappa shape index (κ2) is 6.22. The molecule has 0 amide bonds. The van der Waals surface area contributed by atoms with Gasteiger partial charge in [0.15, 0.2) is 5.69 Å². The highest BCUT2D eigenvalue weighted by atomic mass is 35.5. The van der Waals surface area contributed by atoms with Crippen LogP contribution in [0.3, 0.4) is 0 Å². The Kier molecular flexibility index (Phi) is 4.57. The number of nitrogens with zero attached hydrogens (tertiary/aromatic N) is 3. The van der Waals surface area contributed by atoms with Crippen molar-refractivity contribution < 1.29 is 14.3 Å². The molecule has 2 aromatic rings. The van der Waals surface area contributed by atoms with Crippen LogP contribution >= 0.6 is 11.6 Å². The summed E-state index contributed by atoms with van der Waals surface area (Å²) >= 11 is 5.99. The van der Waals surface area contributed by atoms with E-state index in [2.05, 4.69) is 10.3 Å². The number of carboxylic acids is 1. The third kappa shape index (κ3) is 3.58. The van der Waals surface area contributed by atoms with Gasteiger partial charge in [-0.15, -0.1) is 5.10 Å². The number of halogens is 2. The zero-order valence-electron chi connectivity index (χ0n) is 11.7. The van der Waals surface area contributed by atoms with Gasteiger partial charge in [0.2, 0.25) is 0 Å². The van der Waals surface area contributed by atoms with Gasteiger partial charge >= 0.3 is 5.97 Å². The van der Waals surface area contributed by atoms with Crippen molar-refractivity contribution in [2.24, 2.45) is 5.92 Å². The van der Waals surface area contributed by atoms with Crippen molar-refractivity contribution in [3.05, 3.63) is 46.0 Å². The van der Waals surface area contributed by atoms with Crippen molar-refractivity contribution in [2.75, 3.05) is 0 Å². The number of benzene rings is 1. The minimum Gasteiger partial charge on any atom is -0.476 e. The van der Waals surface area contributed by atoms with Crippen LogP contribution in [0, 0.1) is 11.7 Å². The first-order chi connectivity index (χ1) is 9.88. The Morgan fingerprint density at radius 1 is 1.48 bits per heavy atom. The van der Waals surface area contributed by atoms with Crippen molar-refractivity contribution >= 4 is 17.6 Å². The fraction of sp³-hybridized carbons (Fsp3) is 0.357. The molecule has 1 N–H and O–H groups in total. The summed E-state index contributed by atoms with van der Waals surface area (Å²) in [6, 6.07) is 4.07. The summed E-state index contributed by atoms with van der Waals surface area (Å²) in [5.74, 6) is -1.28. The maximum Gasteiger partial charge on any atom is 0.358 e. The van der Waals surface area contributed by atoms with Gasteiger partial charge in [-0.2, -0.15) is 0 Å². The van der Waals surface area contributed by atoms with E-state index in [-0.39, 0.29) is 23.2 Å². The first-order valence-electron chi connectivity index (χ1n) is 6.48. The fourth-order valence-electron chi connectivity index (χ4n) is 2.03. The first-order valence-corrected chi connectivity index (χ1v) is 6.86. The van der Waals surface area contributed by atoms with Crippen LogP contribution in [-0.2, 0) is 13.0 Å². The van der Waals surface area contributed by atoms with Crippen molar-refractivity contribution in [2.45, 2.75) is 26.8 Å². The highest BCUT2D eigenvalue weighted by Gasteiger charge is 2.20. The molecule has 2 rings (SSSR count). The predicted molar refractivity (Wildman–Crippen MR) is 76.0 cm³/mol. The van der Waals surface area contributed by atoms with Gasteiger partial charge in [-0.3, -0.25) is 0 Å². The second-order valence-corrected chi connectivity index (χ2v) is 5.59. The average molecular weight is 312 g/mol. The lowest BCUT2D eigenvalue weighted by atomic mass is 10.1. The molecule has 0 aliphatic rings. The number of rotatable bonds is 5. The van der Waals surface area contributed by atoms with Gasteiger partial charge in [-0.25, -0.2) is 13.9 Å². The summed E-state index contributed by atoms with van der Waals surface area (Å²) in [6.45, 7) is 4.21. The molecule has 1 heterocycles. The van der Waals surface area contributed by atoms with E-state index in [1.807, 2.05) is 13.8 Å². The van der Waals surface area contributed by atoms with Crippen LogP contribution in [0.2, 0.25) is 5.02 Å². The predicted octanol–water partition coefficient (Wildman–Crippen LogP) is 3.02. The highest BCUT2D eigenvalue weighted by molar-refractivity contribution is 6.31. The molecule has 112 valence electrons. The van der Waals surface area contributed by atoms with E-state index in [1.54, 1.807) is 6.07 Å². The van der Waals surface area contributed by atoms with Gasteiger partial charge < -0.3 is 5.11 Å². The molecule has 0 unspecified atom stereocenters. The molecule has 1 aromatic heterocycles. The summed E-state index contributed by atoms with van der Waals surface area (Å²) in [4.78, 5) is 11.2. The Balaban J connectivity index is 2.37. The van der Waals surface area contributed by atoms with Crippen molar-refractivity contribution in [3.63, 3.8) is 0 Å². The van der Waals surface area contributed by atoms with E-state index in [4.69, 9.17) is 16.7 Å². The van der Waals surface area contributed by atoms with Gasteiger partial charge in [0.1, 0.15) is 5.82 Å². The van der Waals surface area contributed by atoms with Crippen LogP contribution in [0.1, 0.15) is 35.6 Å². The zero-order chi connectivity index (χ0) is 15.6. The van der Waals surface area contributed by atoms with Crippen molar-refractivity contribution in [1.29, 1.82) is 0 Å². The molecule has 0 fully saturated rings. The number of carbonyl (C=O) groups is 1. The molecule has 21 heavy (non-hydrogen) atoms. The van der Waals surface area contributed by atoms with Gasteiger partial charge in [0.05, 0.1) is 12.2 Å². The normalized spacial score (nSPS) is 11.1. The highest BCUT2D eigenvalue weighted by Crippen LogP contribution is 2.20. The van der Waals surface area contributed by atoms with Crippen LogP contribution in [0.5, 0.6) is 0 Å². The van der Waals surface area contributed by atoms with Crippen LogP contribution in [-0.4, -0.2) is 26.1 Å². The molecule has 0 spiro atoms. The Hall–Kier alpha value is -1.95. The average Bonchev–Trinajstić information content (AvgIpc) is 2.75. The summed E-state index contributed by atoms with van der Waals surface area (Å²) in [6.07, 6.45) is 0.535. The Bertz CT molecular complexity index is 670. The Labute approximate surface area is 126 Å². The Morgan fingerprint density at radius 2 is 2.19 bits per heavy atom. The quantitative estimate of drug-likeness (QED) is 0.921. The maximum atomic E-state index is 13.1. The second-order valence-electron chi connectivity index (χ2n) is 5.18. The van der Waals surface area contributed by atoms with E-state index in [9.17, 15) is 9.18 Å². The number of aromatic nitrogens is 3. The van der Waals surface area contributed by atoms with E-state index >= 15 is 0 Å². The summed E-state index contributed by atoms with van der Waals surface area (Å²) in [7, 11) is 0. The molecule has 0 aliphatic carbocycles. The lowest BCUT2D eigenvalue weighted by Crippen LogP contribution is -2.12. The number of hydrogen-bond acceptors (Lipinski definition) is 3. The minimum absolute atomic E-state index is 0.0538. The van der Waals surface area contributed by atoms with Gasteiger partial charge in [-0.1, -0.05) is 36.7 Å². The summed E-state index contributed by atoms with van der Waals surface area (Å²) in [5.41, 5.74) is 1.14. The monoisotopic (exact) mass is 311 g/mol. The molecule has 5 nitrogen and oxygen atoms in total. The SMILES string of the molecule is CC(C)Cc1c(C(=O)O)nnn1Cc1ccc(F)cc1Cl. The third-order valence-corrected chi connectivity index (χ3v) is 3.33. The van der Waals surface area contributed by atoms with Crippen LogP contribution in [0.25, 0.3) is 0 Å². The molecule has 0 saturated carbocycles. The molecule has 0 radical (unpaired) electrons. The summed E-state index contributed by atoms with van der Waals surface area (Å²) < 4.78 is 14.6. The van der Waals surface area contributed by atoms with Gasteiger partial charge in [0, 0.05) is 5.02 Å². The van der Waals surface area contributed by atoms with Crippen LogP contribution in [0.15, 0.2) is 18.2 Å². The zero-order valence-corrected chi connectivity index (χ0v) is 12.4. The Morgan fingerprint density at radius 3 is 2.76 bits per heavy atom. The van der Waals surface area contributed by atoms with Crippen molar-refractivity contribution in [3.8, 4) is 0 Å². The van der Waals surface area contributed by atoms with Gasteiger partial charge in [0.25, 0.3) is 0 Å². The third-order valence-electron chi connectivity index (χ3n) is 2.98. The van der Waals surface area contributed by atoms with E-state index in [1.165, 1.54) is 16.8 Å². The summed E-state index contributed by atoms with van der Waals surface area (Å²) in [5, 5.41) is 17.0. The van der Waals surface area contributed by atoms with E-state index in [0.29, 0.717) is 17.7 Å². The topological polar surface area (TPSA) is 68.0 Å². The molecule has 1 aromatic carbocycles. The molecular formula is C14H15ClFN3O2. The number of carboxylic acid groups (broad SMARTS) is 1. The number of aromatic carboxylic acids is 1. The van der Waals surface area contributed by atoms with Crippen LogP contribution < -0.4 is 0 Å². The molecule has 0 saturated heterocycles.